The fraction of sp³-hybridized carbons (Fsp3) is 0.312. The summed E-state index contributed by atoms with van der Waals surface area (Å²) in [5.74, 6) is 0. The van der Waals surface area contributed by atoms with Crippen LogP contribution in [0.15, 0.2) is 36.7 Å². The van der Waals surface area contributed by atoms with Crippen molar-refractivity contribution in [3.63, 3.8) is 0 Å². The number of benzene rings is 1. The topological polar surface area (TPSA) is 28.2 Å². The Morgan fingerprint density at radius 3 is 2.62 bits per heavy atom. The van der Waals surface area contributed by atoms with Gasteiger partial charge in [0.05, 0.1) is 23.6 Å². The lowest BCUT2D eigenvalue weighted by Crippen LogP contribution is -2.15. The Morgan fingerprint density at radius 1 is 1.24 bits per heavy atom. The van der Waals surface area contributed by atoms with Gasteiger partial charge in [0.1, 0.15) is 0 Å². The number of pyridine rings is 1. The molecule has 0 radical (unpaired) electrons. The van der Waals surface area contributed by atoms with Crippen molar-refractivity contribution in [2.24, 2.45) is 0 Å². The molecule has 1 unspecified atom stereocenters. The van der Waals surface area contributed by atoms with E-state index in [1.54, 1.807) is 12.3 Å². The Hall–Kier alpha value is -1.45. The first-order valence-corrected chi connectivity index (χ1v) is 7.61. The second-order valence-electron chi connectivity index (χ2n) is 5.06. The second kappa shape index (κ2) is 7.01. The van der Waals surface area contributed by atoms with Crippen LogP contribution in [0.25, 0.3) is 0 Å². The summed E-state index contributed by atoms with van der Waals surface area (Å²) >= 11 is 12.3. The van der Waals surface area contributed by atoms with Crippen molar-refractivity contribution < 1.29 is 0 Å². The van der Waals surface area contributed by atoms with Gasteiger partial charge in [0.15, 0.2) is 0 Å². The van der Waals surface area contributed by atoms with Crippen LogP contribution in [0.1, 0.15) is 24.9 Å². The minimum Gasteiger partial charge on any atom is -0.376 e. The van der Waals surface area contributed by atoms with Gasteiger partial charge in [-0.05, 0) is 30.2 Å². The van der Waals surface area contributed by atoms with Crippen molar-refractivity contribution >= 4 is 34.6 Å². The number of rotatable bonds is 5. The number of hydrogen-bond donors (Lipinski definition) is 1. The van der Waals surface area contributed by atoms with Crippen molar-refractivity contribution in [1.82, 2.24) is 4.98 Å². The molecule has 1 heterocycles. The van der Waals surface area contributed by atoms with Crippen molar-refractivity contribution in [3.05, 3.63) is 52.3 Å². The van der Waals surface area contributed by atoms with E-state index >= 15 is 0 Å². The van der Waals surface area contributed by atoms with E-state index in [0.29, 0.717) is 10.0 Å². The van der Waals surface area contributed by atoms with Crippen LogP contribution in [0.4, 0.5) is 11.4 Å². The normalized spacial score (nSPS) is 12.0. The Bertz CT molecular complexity index is 614. The molecule has 0 saturated carbocycles. The van der Waals surface area contributed by atoms with Crippen LogP contribution >= 0.6 is 23.2 Å². The van der Waals surface area contributed by atoms with Gasteiger partial charge in [-0.1, -0.05) is 36.2 Å². The predicted molar refractivity (Wildman–Crippen MR) is 91.7 cm³/mol. The lowest BCUT2D eigenvalue weighted by atomic mass is 10.0. The van der Waals surface area contributed by atoms with Crippen LogP contribution < -0.4 is 10.2 Å². The molecule has 0 aliphatic heterocycles. The Morgan fingerprint density at radius 2 is 2.00 bits per heavy atom. The van der Waals surface area contributed by atoms with Crippen LogP contribution in [-0.2, 0) is 0 Å². The molecule has 2 rings (SSSR count). The molecule has 0 amide bonds. The summed E-state index contributed by atoms with van der Waals surface area (Å²) in [4.78, 5) is 6.26. The standard InChI is InChI=1S/C16H19Cl2N3/c1-4-14(12-6-5-11(17)9-13(12)18)20-15-10-19-8-7-16(15)21(2)3/h5-10,14,20H,4H2,1-3H3. The van der Waals surface area contributed by atoms with E-state index in [1.807, 2.05) is 38.5 Å². The molecule has 21 heavy (non-hydrogen) atoms. The van der Waals surface area contributed by atoms with Crippen LogP contribution in [0.5, 0.6) is 0 Å². The molecule has 3 nitrogen and oxygen atoms in total. The van der Waals surface area contributed by atoms with E-state index in [4.69, 9.17) is 23.2 Å². The number of hydrogen-bond acceptors (Lipinski definition) is 3. The largest absolute Gasteiger partial charge is 0.376 e. The molecule has 5 heteroatoms. The molecule has 1 atom stereocenters. The fourth-order valence-electron chi connectivity index (χ4n) is 2.26. The highest BCUT2D eigenvalue weighted by Gasteiger charge is 2.15. The zero-order valence-corrected chi connectivity index (χ0v) is 13.9. The zero-order chi connectivity index (χ0) is 15.4. The molecule has 0 spiro atoms. The van der Waals surface area contributed by atoms with E-state index < -0.39 is 0 Å². The first kappa shape index (κ1) is 15.9. The highest BCUT2D eigenvalue weighted by atomic mass is 35.5. The average molecular weight is 324 g/mol. The van der Waals surface area contributed by atoms with Gasteiger partial charge in [-0.25, -0.2) is 0 Å². The fourth-order valence-corrected chi connectivity index (χ4v) is 2.80. The third-order valence-electron chi connectivity index (χ3n) is 3.36. The van der Waals surface area contributed by atoms with E-state index in [9.17, 15) is 0 Å². The maximum atomic E-state index is 6.32. The first-order chi connectivity index (χ1) is 10.0. The molecule has 0 aliphatic carbocycles. The summed E-state index contributed by atoms with van der Waals surface area (Å²) in [6.45, 7) is 2.12. The minimum atomic E-state index is 0.109. The number of aromatic nitrogens is 1. The van der Waals surface area contributed by atoms with Gasteiger partial charge in [0.25, 0.3) is 0 Å². The van der Waals surface area contributed by atoms with Crippen LogP contribution in [0.2, 0.25) is 10.0 Å². The maximum absolute atomic E-state index is 6.32. The molecule has 0 fully saturated rings. The molecule has 1 aromatic heterocycles. The molecule has 0 aliphatic rings. The van der Waals surface area contributed by atoms with E-state index in [2.05, 4.69) is 22.1 Å². The van der Waals surface area contributed by atoms with Crippen molar-refractivity contribution in [3.8, 4) is 0 Å². The Balaban J connectivity index is 2.31. The molecule has 1 aromatic carbocycles. The predicted octanol–water partition coefficient (Wildman–Crippen LogP) is 5.02. The summed E-state index contributed by atoms with van der Waals surface area (Å²) in [5, 5.41) is 4.85. The Labute approximate surface area is 135 Å². The number of halogens is 2. The molecule has 2 aromatic rings. The molecular weight excluding hydrogens is 305 g/mol. The van der Waals surface area contributed by atoms with Gasteiger partial charge in [0.2, 0.25) is 0 Å². The summed E-state index contributed by atoms with van der Waals surface area (Å²) in [6, 6.07) is 7.70. The third-order valence-corrected chi connectivity index (χ3v) is 3.92. The lowest BCUT2D eigenvalue weighted by molar-refractivity contribution is 0.748. The molecule has 1 N–H and O–H groups in total. The smallest absolute Gasteiger partial charge is 0.0769 e. The minimum absolute atomic E-state index is 0.109. The molecular formula is C16H19Cl2N3. The van der Waals surface area contributed by atoms with E-state index in [-0.39, 0.29) is 6.04 Å². The average Bonchev–Trinajstić information content (AvgIpc) is 2.45. The SMILES string of the molecule is CCC(Nc1cnccc1N(C)C)c1ccc(Cl)cc1Cl. The number of nitrogens with zero attached hydrogens (tertiary/aromatic N) is 2. The van der Waals surface area contributed by atoms with Gasteiger partial charge in [-0.15, -0.1) is 0 Å². The quantitative estimate of drug-likeness (QED) is 0.837. The van der Waals surface area contributed by atoms with Crippen molar-refractivity contribution in [2.45, 2.75) is 19.4 Å². The van der Waals surface area contributed by atoms with Gasteiger partial charge < -0.3 is 10.2 Å². The van der Waals surface area contributed by atoms with Gasteiger partial charge in [-0.2, -0.15) is 0 Å². The van der Waals surface area contributed by atoms with Gasteiger partial charge >= 0.3 is 0 Å². The zero-order valence-electron chi connectivity index (χ0n) is 12.4. The molecule has 0 bridgehead atoms. The molecule has 0 saturated heterocycles. The van der Waals surface area contributed by atoms with E-state index in [1.165, 1.54) is 0 Å². The van der Waals surface area contributed by atoms with Crippen molar-refractivity contribution in [1.29, 1.82) is 0 Å². The lowest BCUT2D eigenvalue weighted by Gasteiger charge is -2.24. The van der Waals surface area contributed by atoms with Crippen LogP contribution in [-0.4, -0.2) is 19.1 Å². The first-order valence-electron chi connectivity index (χ1n) is 6.85. The number of anilines is 2. The van der Waals surface area contributed by atoms with E-state index in [0.717, 1.165) is 23.4 Å². The monoisotopic (exact) mass is 323 g/mol. The summed E-state index contributed by atoms with van der Waals surface area (Å²) < 4.78 is 0. The van der Waals surface area contributed by atoms with Gasteiger partial charge in [-0.3, -0.25) is 4.98 Å². The second-order valence-corrected chi connectivity index (χ2v) is 5.90. The highest BCUT2D eigenvalue weighted by Crippen LogP contribution is 2.33. The summed E-state index contributed by atoms with van der Waals surface area (Å²) in [7, 11) is 4.02. The van der Waals surface area contributed by atoms with Crippen LogP contribution in [0.3, 0.4) is 0 Å². The van der Waals surface area contributed by atoms with Crippen LogP contribution in [0, 0.1) is 0 Å². The van der Waals surface area contributed by atoms with Crippen molar-refractivity contribution in [2.75, 3.05) is 24.3 Å². The van der Waals surface area contributed by atoms with Gasteiger partial charge in [0, 0.05) is 30.3 Å². The number of nitrogens with one attached hydrogen (secondary N) is 1. The summed E-state index contributed by atoms with van der Waals surface area (Å²) in [5.41, 5.74) is 3.12. The molecule has 112 valence electrons. The maximum Gasteiger partial charge on any atom is 0.0769 e. The Kier molecular flexibility index (Phi) is 5.32. The summed E-state index contributed by atoms with van der Waals surface area (Å²) in [6.07, 6.45) is 4.53. The third kappa shape index (κ3) is 3.80. The highest BCUT2D eigenvalue weighted by molar-refractivity contribution is 6.35.